The van der Waals surface area contributed by atoms with Crippen LogP contribution in [0.25, 0.3) is 0 Å². The van der Waals surface area contributed by atoms with Crippen LogP contribution in [-0.4, -0.2) is 40.1 Å². The van der Waals surface area contributed by atoms with Gasteiger partial charge in [-0.3, -0.25) is 9.79 Å². The van der Waals surface area contributed by atoms with Crippen molar-refractivity contribution in [2.45, 2.75) is 30.8 Å². The van der Waals surface area contributed by atoms with Gasteiger partial charge in [0.25, 0.3) is 0 Å². The maximum Gasteiger partial charge on any atom is 0.227 e. The number of nitrogens with one attached hydrogen (secondary N) is 2. The fourth-order valence-electron chi connectivity index (χ4n) is 3.16. The molecule has 1 fully saturated rings. The first-order chi connectivity index (χ1) is 13.9. The number of amides is 1. The van der Waals surface area contributed by atoms with Gasteiger partial charge in [-0.2, -0.15) is 0 Å². The molecule has 1 heterocycles. The minimum absolute atomic E-state index is 0.185. The van der Waals surface area contributed by atoms with Gasteiger partial charge in [0, 0.05) is 45.0 Å². The standard InChI is InChI=1S/C21H26N4O3S/c1-22-21(24-15-17-7-11-19(12-8-17)29(2,27)28)23-14-16-5-9-18(10-6-16)25-13-3-4-20(25)26/h5-12H,3-4,13-15H2,1-2H3,(H2,22,23,24). The van der Waals surface area contributed by atoms with E-state index in [0.29, 0.717) is 30.4 Å². The lowest BCUT2D eigenvalue weighted by Crippen LogP contribution is -2.36. The zero-order valence-electron chi connectivity index (χ0n) is 16.7. The second kappa shape index (κ2) is 9.09. The van der Waals surface area contributed by atoms with E-state index in [1.807, 2.05) is 29.2 Å². The molecule has 2 aromatic carbocycles. The van der Waals surface area contributed by atoms with Crippen LogP contribution in [0.3, 0.4) is 0 Å². The summed E-state index contributed by atoms with van der Waals surface area (Å²) in [6, 6.07) is 14.7. The van der Waals surface area contributed by atoms with Crippen LogP contribution in [0.1, 0.15) is 24.0 Å². The molecule has 1 aliphatic heterocycles. The van der Waals surface area contributed by atoms with Crippen molar-refractivity contribution in [1.82, 2.24) is 10.6 Å². The molecule has 0 aromatic heterocycles. The summed E-state index contributed by atoms with van der Waals surface area (Å²) in [5, 5.41) is 6.46. The maximum atomic E-state index is 11.8. The Morgan fingerprint density at radius 3 is 2.00 bits per heavy atom. The lowest BCUT2D eigenvalue weighted by atomic mass is 10.2. The molecule has 0 bridgehead atoms. The Bertz CT molecular complexity index is 984. The molecule has 2 aromatic rings. The zero-order chi connectivity index (χ0) is 20.9. The zero-order valence-corrected chi connectivity index (χ0v) is 17.5. The molecule has 2 N–H and O–H groups in total. The third-order valence-corrected chi connectivity index (χ3v) is 5.94. The van der Waals surface area contributed by atoms with Gasteiger partial charge in [-0.05, 0) is 41.8 Å². The molecule has 0 saturated carbocycles. The molecule has 0 atom stereocenters. The van der Waals surface area contributed by atoms with Crippen molar-refractivity contribution in [2.24, 2.45) is 4.99 Å². The van der Waals surface area contributed by atoms with E-state index in [-0.39, 0.29) is 5.91 Å². The largest absolute Gasteiger partial charge is 0.352 e. The number of nitrogens with zero attached hydrogens (tertiary/aromatic N) is 2. The average molecular weight is 415 g/mol. The molecule has 1 aliphatic rings. The van der Waals surface area contributed by atoms with Crippen molar-refractivity contribution in [2.75, 3.05) is 24.7 Å². The molecule has 1 saturated heterocycles. The van der Waals surface area contributed by atoms with Crippen LogP contribution in [0.5, 0.6) is 0 Å². The molecule has 154 valence electrons. The molecule has 8 heteroatoms. The van der Waals surface area contributed by atoms with Crippen LogP contribution in [-0.2, 0) is 27.7 Å². The number of rotatable bonds is 6. The second-order valence-corrected chi connectivity index (χ2v) is 9.03. The van der Waals surface area contributed by atoms with E-state index in [1.54, 1.807) is 31.3 Å². The van der Waals surface area contributed by atoms with Gasteiger partial charge in [0.15, 0.2) is 15.8 Å². The summed E-state index contributed by atoms with van der Waals surface area (Å²) in [4.78, 5) is 18.2. The minimum Gasteiger partial charge on any atom is -0.352 e. The molecule has 7 nitrogen and oxygen atoms in total. The first-order valence-electron chi connectivity index (χ1n) is 9.49. The minimum atomic E-state index is -3.18. The molecule has 0 radical (unpaired) electrons. The number of aliphatic imine (C=N–C) groups is 1. The highest BCUT2D eigenvalue weighted by Gasteiger charge is 2.21. The number of sulfone groups is 1. The molecule has 0 aliphatic carbocycles. The lowest BCUT2D eigenvalue weighted by molar-refractivity contribution is -0.117. The number of carbonyl (C=O) groups is 1. The summed E-state index contributed by atoms with van der Waals surface area (Å²) in [5.41, 5.74) is 2.98. The van der Waals surface area contributed by atoms with Gasteiger partial charge in [0.2, 0.25) is 5.91 Å². The number of benzene rings is 2. The number of hydrogen-bond acceptors (Lipinski definition) is 4. The molecule has 1 amide bonds. The fourth-order valence-corrected chi connectivity index (χ4v) is 3.79. The predicted molar refractivity (Wildman–Crippen MR) is 115 cm³/mol. The number of carbonyl (C=O) groups excluding carboxylic acids is 1. The molecule has 29 heavy (non-hydrogen) atoms. The molecular formula is C21H26N4O3S. The molecule has 0 spiro atoms. The summed E-state index contributed by atoms with van der Waals surface area (Å²) < 4.78 is 23.0. The van der Waals surface area contributed by atoms with Crippen molar-refractivity contribution in [3.05, 3.63) is 59.7 Å². The van der Waals surface area contributed by atoms with Crippen LogP contribution < -0.4 is 15.5 Å². The van der Waals surface area contributed by atoms with Crippen LogP contribution in [0.2, 0.25) is 0 Å². The van der Waals surface area contributed by atoms with E-state index in [2.05, 4.69) is 15.6 Å². The summed E-state index contributed by atoms with van der Waals surface area (Å²) >= 11 is 0. The van der Waals surface area contributed by atoms with Gasteiger partial charge < -0.3 is 15.5 Å². The van der Waals surface area contributed by atoms with Crippen molar-refractivity contribution < 1.29 is 13.2 Å². The van der Waals surface area contributed by atoms with Crippen molar-refractivity contribution in [3.8, 4) is 0 Å². The van der Waals surface area contributed by atoms with Crippen molar-refractivity contribution in [3.63, 3.8) is 0 Å². The van der Waals surface area contributed by atoms with E-state index in [4.69, 9.17) is 0 Å². The Hall–Kier alpha value is -2.87. The Morgan fingerprint density at radius 2 is 1.55 bits per heavy atom. The van der Waals surface area contributed by atoms with Crippen molar-refractivity contribution in [1.29, 1.82) is 0 Å². The Labute approximate surface area is 171 Å². The summed E-state index contributed by atoms with van der Waals surface area (Å²) in [7, 11) is -1.49. The smallest absolute Gasteiger partial charge is 0.227 e. The van der Waals surface area contributed by atoms with E-state index in [9.17, 15) is 13.2 Å². The average Bonchev–Trinajstić information content (AvgIpc) is 3.14. The summed E-state index contributed by atoms with van der Waals surface area (Å²) in [6.07, 6.45) is 2.74. The third kappa shape index (κ3) is 5.57. The molecule has 0 unspecified atom stereocenters. The summed E-state index contributed by atoms with van der Waals surface area (Å²) in [5.74, 6) is 0.834. The van der Waals surface area contributed by atoms with Gasteiger partial charge in [-0.1, -0.05) is 24.3 Å². The topological polar surface area (TPSA) is 90.9 Å². The monoisotopic (exact) mass is 414 g/mol. The normalized spacial score (nSPS) is 14.9. The van der Waals surface area contributed by atoms with Crippen LogP contribution >= 0.6 is 0 Å². The SMILES string of the molecule is CN=C(NCc1ccc(N2CCCC2=O)cc1)NCc1ccc(S(C)(=O)=O)cc1. The van der Waals surface area contributed by atoms with Crippen molar-refractivity contribution >= 4 is 27.4 Å². The van der Waals surface area contributed by atoms with Gasteiger partial charge in [0.05, 0.1) is 4.90 Å². The molecule has 3 rings (SSSR count). The molecular weight excluding hydrogens is 388 g/mol. The Balaban J connectivity index is 1.51. The lowest BCUT2D eigenvalue weighted by Gasteiger charge is -2.16. The second-order valence-electron chi connectivity index (χ2n) is 7.01. The number of guanidine groups is 1. The number of hydrogen-bond donors (Lipinski definition) is 2. The number of anilines is 1. The first kappa shape index (κ1) is 20.9. The van der Waals surface area contributed by atoms with Gasteiger partial charge in [-0.25, -0.2) is 8.42 Å². The van der Waals surface area contributed by atoms with E-state index in [1.165, 1.54) is 6.26 Å². The third-order valence-electron chi connectivity index (χ3n) is 4.82. The highest BCUT2D eigenvalue weighted by Crippen LogP contribution is 2.21. The first-order valence-corrected chi connectivity index (χ1v) is 11.4. The van der Waals surface area contributed by atoms with E-state index >= 15 is 0 Å². The van der Waals surface area contributed by atoms with E-state index in [0.717, 1.165) is 29.8 Å². The van der Waals surface area contributed by atoms with E-state index < -0.39 is 9.84 Å². The van der Waals surface area contributed by atoms with Gasteiger partial charge >= 0.3 is 0 Å². The van der Waals surface area contributed by atoms with Gasteiger partial charge in [-0.15, -0.1) is 0 Å². The Kier molecular flexibility index (Phi) is 6.53. The van der Waals surface area contributed by atoms with Crippen LogP contribution in [0, 0.1) is 0 Å². The quantitative estimate of drug-likeness (QED) is 0.558. The highest BCUT2D eigenvalue weighted by molar-refractivity contribution is 7.90. The summed E-state index contributed by atoms with van der Waals surface area (Å²) in [6.45, 7) is 1.92. The van der Waals surface area contributed by atoms with Gasteiger partial charge in [0.1, 0.15) is 0 Å². The maximum absolute atomic E-state index is 11.8. The Morgan fingerprint density at radius 1 is 1.00 bits per heavy atom. The van der Waals surface area contributed by atoms with Crippen LogP contribution in [0.15, 0.2) is 58.4 Å². The predicted octanol–water partition coefficient (Wildman–Crippen LogP) is 2.08. The fraction of sp³-hybridized carbons (Fsp3) is 0.333. The highest BCUT2D eigenvalue weighted by atomic mass is 32.2. The van der Waals surface area contributed by atoms with Crippen LogP contribution in [0.4, 0.5) is 5.69 Å².